The molecule has 0 aliphatic heterocycles. The highest BCUT2D eigenvalue weighted by Gasteiger charge is 1.95. The van der Waals surface area contributed by atoms with Gasteiger partial charge in [0.15, 0.2) is 0 Å². The lowest BCUT2D eigenvalue weighted by molar-refractivity contribution is 0.549. The summed E-state index contributed by atoms with van der Waals surface area (Å²) < 4.78 is 0. The van der Waals surface area contributed by atoms with Gasteiger partial charge >= 0.3 is 0 Å². The molecular formula is C18H35. The molecule has 0 bridgehead atoms. The van der Waals surface area contributed by atoms with Crippen molar-refractivity contribution in [2.45, 2.75) is 97.8 Å². The molecule has 0 aromatic rings. The lowest BCUT2D eigenvalue weighted by Gasteiger charge is -2.04. The van der Waals surface area contributed by atoms with Crippen LogP contribution in [0.25, 0.3) is 0 Å². The normalized spacial score (nSPS) is 12.7. The molecule has 18 heavy (non-hydrogen) atoms. The Kier molecular flexibility index (Phi) is 13.0. The van der Waals surface area contributed by atoms with Gasteiger partial charge in [-0.1, -0.05) is 82.3 Å². The van der Waals surface area contributed by atoms with Crippen molar-refractivity contribution in [1.82, 2.24) is 0 Å². The van der Waals surface area contributed by atoms with E-state index in [1.165, 1.54) is 88.2 Å². The fourth-order valence-electron chi connectivity index (χ4n) is 2.27. The van der Waals surface area contributed by atoms with Crippen LogP contribution in [0.4, 0.5) is 0 Å². The second-order valence-corrected chi connectivity index (χ2v) is 5.85. The Balaban J connectivity index is 3.10. The molecule has 0 aliphatic carbocycles. The van der Waals surface area contributed by atoms with Gasteiger partial charge in [0.2, 0.25) is 0 Å². The van der Waals surface area contributed by atoms with E-state index in [9.17, 15) is 0 Å². The molecule has 0 nitrogen and oxygen atoms in total. The number of allylic oxidation sites excluding steroid dienone is 2. The first-order chi connectivity index (χ1) is 8.68. The van der Waals surface area contributed by atoms with Crippen LogP contribution in [-0.2, 0) is 0 Å². The largest absolute Gasteiger partial charge is 0.0744 e. The van der Waals surface area contributed by atoms with Gasteiger partial charge in [0.05, 0.1) is 0 Å². The molecule has 0 spiro atoms. The van der Waals surface area contributed by atoms with Crippen molar-refractivity contribution in [1.29, 1.82) is 0 Å². The van der Waals surface area contributed by atoms with Crippen molar-refractivity contribution in [3.8, 4) is 0 Å². The Morgan fingerprint density at radius 2 is 1.06 bits per heavy atom. The van der Waals surface area contributed by atoms with E-state index in [1.807, 2.05) is 0 Å². The van der Waals surface area contributed by atoms with Crippen molar-refractivity contribution in [3.63, 3.8) is 0 Å². The molecule has 0 heterocycles. The van der Waals surface area contributed by atoms with Crippen LogP contribution in [-0.4, -0.2) is 0 Å². The van der Waals surface area contributed by atoms with E-state index in [1.54, 1.807) is 0 Å². The van der Waals surface area contributed by atoms with E-state index in [0.29, 0.717) is 0 Å². The molecule has 0 atom stereocenters. The monoisotopic (exact) mass is 251 g/mol. The highest BCUT2D eigenvalue weighted by Crippen LogP contribution is 2.15. The Morgan fingerprint density at radius 3 is 1.44 bits per heavy atom. The Bertz CT molecular complexity index is 196. The first-order valence-electron chi connectivity index (χ1n) is 8.16. The van der Waals surface area contributed by atoms with E-state index < -0.39 is 0 Å². The molecule has 0 amide bonds. The maximum Gasteiger partial charge on any atom is -0.0283 e. The van der Waals surface area contributed by atoms with E-state index in [4.69, 9.17) is 0 Å². The fourth-order valence-corrected chi connectivity index (χ4v) is 2.27. The molecular weight excluding hydrogens is 216 g/mol. The van der Waals surface area contributed by atoms with Gasteiger partial charge in [-0.25, -0.2) is 0 Å². The van der Waals surface area contributed by atoms with Crippen LogP contribution in [0.3, 0.4) is 0 Å². The molecule has 0 heteroatoms. The molecule has 0 aromatic heterocycles. The maximum absolute atomic E-state index is 3.99. The quantitative estimate of drug-likeness (QED) is 0.332. The summed E-state index contributed by atoms with van der Waals surface area (Å²) in [5.41, 5.74) is 2.76. The Morgan fingerprint density at radius 1 is 0.667 bits per heavy atom. The van der Waals surface area contributed by atoms with Crippen molar-refractivity contribution < 1.29 is 0 Å². The minimum Gasteiger partial charge on any atom is -0.0744 e. The zero-order chi connectivity index (χ0) is 13.6. The van der Waals surface area contributed by atoms with Gasteiger partial charge < -0.3 is 0 Å². The smallest absolute Gasteiger partial charge is 0.0283 e. The third kappa shape index (κ3) is 12.2. The van der Waals surface area contributed by atoms with E-state index >= 15 is 0 Å². The van der Waals surface area contributed by atoms with Crippen molar-refractivity contribution in [2.75, 3.05) is 0 Å². The summed E-state index contributed by atoms with van der Waals surface area (Å²) >= 11 is 0. The van der Waals surface area contributed by atoms with Gasteiger partial charge in [-0.3, -0.25) is 0 Å². The number of unbranched alkanes of at least 4 members (excludes halogenated alkanes) is 10. The van der Waals surface area contributed by atoms with Crippen LogP contribution in [0.2, 0.25) is 0 Å². The second kappa shape index (κ2) is 13.2. The molecule has 0 N–H and O–H groups in total. The summed E-state index contributed by atoms with van der Waals surface area (Å²) in [6, 6.07) is 0. The number of hydrogen-bond acceptors (Lipinski definition) is 0. The molecule has 0 unspecified atom stereocenters. The minimum absolute atomic E-state index is 1.26. The van der Waals surface area contributed by atoms with Gasteiger partial charge in [0.25, 0.3) is 0 Å². The molecule has 0 rings (SSSR count). The van der Waals surface area contributed by atoms with E-state index in [2.05, 4.69) is 27.7 Å². The summed E-state index contributed by atoms with van der Waals surface area (Å²) in [5, 5.41) is 0. The molecule has 0 aromatic carbocycles. The fraction of sp³-hybridized carbons (Fsp3) is 0.833. The van der Waals surface area contributed by atoms with E-state index in [-0.39, 0.29) is 0 Å². The standard InChI is InChI=1S/C18H35/c1-5-6-7-8-9-10-11-12-13-14-15-16-18(4)17(2)3/h2,5-16H2,1,3-4H3. The predicted molar refractivity (Wildman–Crippen MR) is 84.8 cm³/mol. The average Bonchev–Trinajstić information content (AvgIpc) is 2.35. The van der Waals surface area contributed by atoms with Crippen molar-refractivity contribution in [3.05, 3.63) is 18.1 Å². The zero-order valence-corrected chi connectivity index (χ0v) is 13.2. The van der Waals surface area contributed by atoms with Crippen LogP contribution in [0.1, 0.15) is 97.8 Å². The topological polar surface area (TPSA) is 0 Å². The highest BCUT2D eigenvalue weighted by molar-refractivity contribution is 5.11. The molecule has 0 aliphatic rings. The highest BCUT2D eigenvalue weighted by atomic mass is 14.0. The van der Waals surface area contributed by atoms with Crippen LogP contribution < -0.4 is 0 Å². The molecule has 0 saturated carbocycles. The SMILES string of the molecule is [CH2]C(C)=C(C)CCCCCCCCCCCCC. The predicted octanol–water partition coefficient (Wildman–Crippen LogP) is 6.86. The molecule has 1 radical (unpaired) electrons. The van der Waals surface area contributed by atoms with Crippen molar-refractivity contribution in [2.24, 2.45) is 0 Å². The average molecular weight is 251 g/mol. The van der Waals surface area contributed by atoms with Gasteiger partial charge in [-0.2, -0.15) is 0 Å². The maximum atomic E-state index is 3.99. The molecule has 0 fully saturated rings. The van der Waals surface area contributed by atoms with E-state index in [0.717, 1.165) is 0 Å². The lowest BCUT2D eigenvalue weighted by atomic mass is 10.0. The van der Waals surface area contributed by atoms with Gasteiger partial charge in [-0.05, 0) is 33.6 Å². The second-order valence-electron chi connectivity index (χ2n) is 5.85. The summed E-state index contributed by atoms with van der Waals surface area (Å²) in [7, 11) is 0. The Hall–Kier alpha value is -0.260. The third-order valence-corrected chi connectivity index (χ3v) is 3.88. The summed E-state index contributed by atoms with van der Waals surface area (Å²) in [6.07, 6.45) is 17.0. The molecule has 107 valence electrons. The number of hydrogen-bond donors (Lipinski definition) is 0. The van der Waals surface area contributed by atoms with Crippen molar-refractivity contribution >= 4 is 0 Å². The van der Waals surface area contributed by atoms with Crippen LogP contribution in [0, 0.1) is 6.92 Å². The summed E-state index contributed by atoms with van der Waals surface area (Å²) in [6.45, 7) is 10.6. The minimum atomic E-state index is 1.26. The first-order valence-corrected chi connectivity index (χ1v) is 8.16. The van der Waals surface area contributed by atoms with Gasteiger partial charge in [-0.15, -0.1) is 0 Å². The lowest BCUT2D eigenvalue weighted by Crippen LogP contribution is -1.84. The van der Waals surface area contributed by atoms with Crippen LogP contribution in [0.15, 0.2) is 11.1 Å². The van der Waals surface area contributed by atoms with Gasteiger partial charge in [0, 0.05) is 0 Å². The van der Waals surface area contributed by atoms with Crippen LogP contribution in [0.5, 0.6) is 0 Å². The third-order valence-electron chi connectivity index (χ3n) is 3.88. The number of rotatable bonds is 12. The summed E-state index contributed by atoms with van der Waals surface area (Å²) in [4.78, 5) is 0. The van der Waals surface area contributed by atoms with Crippen LogP contribution >= 0.6 is 0 Å². The molecule has 0 saturated heterocycles. The van der Waals surface area contributed by atoms with Gasteiger partial charge in [0.1, 0.15) is 0 Å². The zero-order valence-electron chi connectivity index (χ0n) is 13.2. The Labute approximate surface area is 116 Å². The first kappa shape index (κ1) is 17.7. The summed E-state index contributed by atoms with van der Waals surface area (Å²) in [5.74, 6) is 0.